The Kier molecular flexibility index (Phi) is 5.12. The molecule has 1 aromatic heterocycles. The van der Waals surface area contributed by atoms with Gasteiger partial charge in [-0.25, -0.2) is 0 Å². The van der Waals surface area contributed by atoms with Crippen molar-refractivity contribution >= 4 is 18.8 Å². The van der Waals surface area contributed by atoms with Gasteiger partial charge in [0.1, 0.15) is 5.76 Å². The van der Waals surface area contributed by atoms with Gasteiger partial charge in [-0.2, -0.15) is 0 Å². The fourth-order valence-corrected chi connectivity index (χ4v) is 2.47. The standard InChI is InChI=1S/C21H20BNO/c1-22(2)24-21(18-11-7-4-8-12-18)15-20-14-13-19(16-23-20)17-9-5-3-6-10-17/h3-16H,1-2H3/b21-15-. The molecule has 1 heterocycles. The number of hydrogen-bond acceptors (Lipinski definition) is 2. The lowest BCUT2D eigenvalue weighted by Crippen LogP contribution is -2.06. The normalized spacial score (nSPS) is 11.2. The number of nitrogens with zero attached hydrogens (tertiary/aromatic N) is 1. The molecule has 3 aromatic rings. The molecule has 0 radical (unpaired) electrons. The predicted molar refractivity (Wildman–Crippen MR) is 103 cm³/mol. The Morgan fingerprint density at radius 3 is 2.08 bits per heavy atom. The third-order valence-electron chi connectivity index (χ3n) is 3.59. The van der Waals surface area contributed by atoms with Crippen LogP contribution in [-0.2, 0) is 4.65 Å². The van der Waals surface area contributed by atoms with Crippen molar-refractivity contribution in [1.29, 1.82) is 0 Å². The van der Waals surface area contributed by atoms with Gasteiger partial charge in [-0.3, -0.25) is 4.98 Å². The molecule has 0 aliphatic rings. The van der Waals surface area contributed by atoms with Gasteiger partial charge >= 0.3 is 6.92 Å². The summed E-state index contributed by atoms with van der Waals surface area (Å²) in [4.78, 5) is 4.57. The van der Waals surface area contributed by atoms with Crippen LogP contribution in [-0.4, -0.2) is 11.9 Å². The first-order chi connectivity index (χ1) is 11.7. The number of aromatic nitrogens is 1. The van der Waals surface area contributed by atoms with Gasteiger partial charge in [0, 0.05) is 23.4 Å². The maximum Gasteiger partial charge on any atom is 0.351 e. The summed E-state index contributed by atoms with van der Waals surface area (Å²) in [6.07, 6.45) is 3.89. The molecule has 0 fully saturated rings. The molecule has 0 aliphatic heterocycles. The maximum atomic E-state index is 5.98. The van der Waals surface area contributed by atoms with E-state index in [2.05, 4.69) is 23.2 Å². The molecule has 0 bridgehead atoms. The highest BCUT2D eigenvalue weighted by Crippen LogP contribution is 2.22. The molecule has 0 saturated heterocycles. The van der Waals surface area contributed by atoms with Crippen LogP contribution in [0.2, 0.25) is 13.6 Å². The number of pyridine rings is 1. The summed E-state index contributed by atoms with van der Waals surface area (Å²) in [6.45, 7) is 4.17. The fourth-order valence-electron chi connectivity index (χ4n) is 2.47. The minimum Gasteiger partial charge on any atom is -0.561 e. The molecule has 0 saturated carbocycles. The van der Waals surface area contributed by atoms with Crippen molar-refractivity contribution in [2.45, 2.75) is 13.6 Å². The van der Waals surface area contributed by atoms with Crippen molar-refractivity contribution in [1.82, 2.24) is 4.98 Å². The Balaban J connectivity index is 1.90. The molecule has 0 spiro atoms. The number of hydrogen-bond donors (Lipinski definition) is 0. The summed E-state index contributed by atoms with van der Waals surface area (Å²) in [5, 5.41) is 0. The second-order valence-electron chi connectivity index (χ2n) is 5.88. The zero-order chi connectivity index (χ0) is 16.8. The van der Waals surface area contributed by atoms with Gasteiger partial charge in [0.2, 0.25) is 0 Å². The van der Waals surface area contributed by atoms with E-state index in [1.165, 1.54) is 5.56 Å². The molecule has 24 heavy (non-hydrogen) atoms. The molecule has 0 aliphatic carbocycles. The van der Waals surface area contributed by atoms with E-state index in [9.17, 15) is 0 Å². The Hall–Kier alpha value is -2.81. The molecule has 0 atom stereocenters. The molecular weight excluding hydrogens is 293 g/mol. The van der Waals surface area contributed by atoms with E-state index in [4.69, 9.17) is 4.65 Å². The van der Waals surface area contributed by atoms with Crippen LogP contribution < -0.4 is 0 Å². The van der Waals surface area contributed by atoms with Gasteiger partial charge in [0.05, 0.1) is 5.69 Å². The van der Waals surface area contributed by atoms with Crippen LogP contribution >= 0.6 is 0 Å². The van der Waals surface area contributed by atoms with Crippen LogP contribution in [0.5, 0.6) is 0 Å². The largest absolute Gasteiger partial charge is 0.561 e. The summed E-state index contributed by atoms with van der Waals surface area (Å²) >= 11 is 0. The first-order valence-electron chi connectivity index (χ1n) is 8.17. The molecule has 3 heteroatoms. The van der Waals surface area contributed by atoms with Gasteiger partial charge in [0.15, 0.2) is 0 Å². The summed E-state index contributed by atoms with van der Waals surface area (Å²) in [7, 11) is 0. The highest BCUT2D eigenvalue weighted by molar-refractivity contribution is 6.49. The van der Waals surface area contributed by atoms with Crippen LogP contribution in [0.25, 0.3) is 23.0 Å². The molecule has 3 rings (SSSR count). The van der Waals surface area contributed by atoms with Crippen LogP contribution in [0, 0.1) is 0 Å². The Bertz CT molecular complexity index is 796. The van der Waals surface area contributed by atoms with E-state index in [1.807, 2.05) is 80.5 Å². The van der Waals surface area contributed by atoms with E-state index in [0.29, 0.717) is 0 Å². The first-order valence-corrected chi connectivity index (χ1v) is 8.17. The summed E-state index contributed by atoms with van der Waals surface area (Å²) in [5.74, 6) is 0.838. The van der Waals surface area contributed by atoms with Crippen LogP contribution in [0.4, 0.5) is 0 Å². The lowest BCUT2D eigenvalue weighted by molar-refractivity contribution is 0.540. The summed E-state index contributed by atoms with van der Waals surface area (Å²) in [5.41, 5.74) is 4.22. The molecule has 0 unspecified atom stereocenters. The predicted octanol–water partition coefficient (Wildman–Crippen LogP) is 5.51. The zero-order valence-corrected chi connectivity index (χ0v) is 14.0. The minimum atomic E-state index is 0.111. The Morgan fingerprint density at radius 1 is 0.833 bits per heavy atom. The average molecular weight is 313 g/mol. The minimum absolute atomic E-state index is 0.111. The van der Waals surface area contributed by atoms with Crippen molar-refractivity contribution in [2.24, 2.45) is 0 Å². The zero-order valence-electron chi connectivity index (χ0n) is 14.0. The van der Waals surface area contributed by atoms with Crippen molar-refractivity contribution in [3.05, 3.63) is 90.3 Å². The second-order valence-corrected chi connectivity index (χ2v) is 5.88. The lowest BCUT2D eigenvalue weighted by atomic mass is 9.75. The highest BCUT2D eigenvalue weighted by atomic mass is 16.4. The van der Waals surface area contributed by atoms with Gasteiger partial charge in [-0.15, -0.1) is 0 Å². The molecule has 2 aromatic carbocycles. The van der Waals surface area contributed by atoms with E-state index in [1.54, 1.807) is 0 Å². The lowest BCUT2D eigenvalue weighted by Gasteiger charge is -2.13. The molecule has 2 nitrogen and oxygen atoms in total. The van der Waals surface area contributed by atoms with Crippen molar-refractivity contribution in [3.8, 4) is 11.1 Å². The maximum absolute atomic E-state index is 5.98. The first kappa shape index (κ1) is 16.1. The Morgan fingerprint density at radius 2 is 1.50 bits per heavy atom. The highest BCUT2D eigenvalue weighted by Gasteiger charge is 2.08. The van der Waals surface area contributed by atoms with Crippen molar-refractivity contribution in [2.75, 3.05) is 0 Å². The topological polar surface area (TPSA) is 22.1 Å². The molecular formula is C21H20BNO. The third kappa shape index (κ3) is 4.14. The SMILES string of the molecule is CB(C)O/C(=C\c1ccc(-c2ccccc2)cn1)c1ccccc1. The van der Waals surface area contributed by atoms with Crippen LogP contribution in [0.1, 0.15) is 11.3 Å². The molecule has 0 amide bonds. The second kappa shape index (κ2) is 7.65. The number of rotatable bonds is 5. The number of benzene rings is 2. The third-order valence-corrected chi connectivity index (χ3v) is 3.59. The van der Waals surface area contributed by atoms with Crippen LogP contribution in [0.15, 0.2) is 79.0 Å². The monoisotopic (exact) mass is 313 g/mol. The molecule has 0 N–H and O–H groups in total. The van der Waals surface area contributed by atoms with Gasteiger partial charge in [0.25, 0.3) is 0 Å². The van der Waals surface area contributed by atoms with E-state index >= 15 is 0 Å². The quantitative estimate of drug-likeness (QED) is 0.457. The van der Waals surface area contributed by atoms with E-state index in [-0.39, 0.29) is 6.92 Å². The smallest absolute Gasteiger partial charge is 0.351 e. The Labute approximate surface area is 144 Å². The van der Waals surface area contributed by atoms with Crippen LogP contribution in [0.3, 0.4) is 0 Å². The van der Waals surface area contributed by atoms with Gasteiger partial charge < -0.3 is 4.65 Å². The fraction of sp³-hybridized carbons (Fsp3) is 0.0952. The van der Waals surface area contributed by atoms with Gasteiger partial charge in [-0.05, 0) is 25.3 Å². The molecule has 118 valence electrons. The summed E-state index contributed by atoms with van der Waals surface area (Å²) < 4.78 is 5.98. The summed E-state index contributed by atoms with van der Waals surface area (Å²) in [6, 6.07) is 24.5. The van der Waals surface area contributed by atoms with E-state index < -0.39 is 0 Å². The van der Waals surface area contributed by atoms with E-state index in [0.717, 1.165) is 22.6 Å². The average Bonchev–Trinajstić information content (AvgIpc) is 2.63. The van der Waals surface area contributed by atoms with Crippen molar-refractivity contribution in [3.63, 3.8) is 0 Å². The van der Waals surface area contributed by atoms with Crippen molar-refractivity contribution < 1.29 is 4.65 Å². The van der Waals surface area contributed by atoms with Gasteiger partial charge in [-0.1, -0.05) is 66.7 Å².